The number of rotatable bonds is 7. The molecule has 3 aromatic rings. The number of aryl methyl sites for hydroxylation is 1. The molecule has 0 fully saturated rings. The van der Waals surface area contributed by atoms with Crippen LogP contribution in [0.2, 0.25) is 0 Å². The maximum absolute atomic E-state index is 12.4. The topological polar surface area (TPSA) is 60.7 Å². The summed E-state index contributed by atoms with van der Waals surface area (Å²) in [6.45, 7) is 6.79. The van der Waals surface area contributed by atoms with Gasteiger partial charge in [-0.3, -0.25) is 4.79 Å². The first-order chi connectivity index (χ1) is 13.1. The van der Waals surface area contributed by atoms with Crippen molar-refractivity contribution in [3.05, 3.63) is 77.2 Å². The van der Waals surface area contributed by atoms with Crippen molar-refractivity contribution >= 4 is 11.6 Å². The van der Waals surface area contributed by atoms with Gasteiger partial charge in [0.15, 0.2) is 5.76 Å². The monoisotopic (exact) mass is 365 g/mol. The van der Waals surface area contributed by atoms with Gasteiger partial charge < -0.3 is 19.2 Å². The number of carbonyl (C=O) groups is 1. The number of nitrogens with one attached hydrogen (secondary N) is 1. The lowest BCUT2D eigenvalue weighted by molar-refractivity contribution is 0.0992. The Morgan fingerprint density at radius 2 is 1.67 bits per heavy atom. The lowest BCUT2D eigenvalue weighted by Gasteiger charge is -2.09. The third-order valence-corrected chi connectivity index (χ3v) is 4.25. The molecular formula is C22H23NO4. The van der Waals surface area contributed by atoms with Crippen molar-refractivity contribution < 1.29 is 18.7 Å². The van der Waals surface area contributed by atoms with Crippen molar-refractivity contribution in [3.63, 3.8) is 0 Å². The highest BCUT2D eigenvalue weighted by Crippen LogP contribution is 2.21. The van der Waals surface area contributed by atoms with E-state index in [1.165, 1.54) is 0 Å². The summed E-state index contributed by atoms with van der Waals surface area (Å²) >= 11 is 0. The van der Waals surface area contributed by atoms with Gasteiger partial charge in [-0.15, -0.1) is 0 Å². The normalized spacial score (nSPS) is 10.5. The second kappa shape index (κ2) is 8.45. The molecule has 0 aliphatic rings. The summed E-state index contributed by atoms with van der Waals surface area (Å²) in [4.78, 5) is 12.4. The summed E-state index contributed by atoms with van der Waals surface area (Å²) in [5.41, 5.74) is 2.94. The highest BCUT2D eigenvalue weighted by atomic mass is 16.5. The number of benzene rings is 2. The largest absolute Gasteiger partial charge is 0.494 e. The number of amides is 1. The van der Waals surface area contributed by atoms with E-state index >= 15 is 0 Å². The summed E-state index contributed by atoms with van der Waals surface area (Å²) in [5.74, 6) is 2.05. The summed E-state index contributed by atoms with van der Waals surface area (Å²) in [6.07, 6.45) is 0. The van der Waals surface area contributed by atoms with Crippen molar-refractivity contribution in [3.8, 4) is 11.5 Å². The van der Waals surface area contributed by atoms with Crippen molar-refractivity contribution in [2.45, 2.75) is 27.4 Å². The fourth-order valence-electron chi connectivity index (χ4n) is 2.60. The Kier molecular flexibility index (Phi) is 5.81. The van der Waals surface area contributed by atoms with Crippen molar-refractivity contribution in [2.24, 2.45) is 0 Å². The Morgan fingerprint density at radius 3 is 2.37 bits per heavy atom. The van der Waals surface area contributed by atoms with Gasteiger partial charge in [-0.2, -0.15) is 0 Å². The molecule has 0 radical (unpaired) electrons. The third kappa shape index (κ3) is 4.70. The summed E-state index contributed by atoms with van der Waals surface area (Å²) in [6, 6.07) is 16.6. The summed E-state index contributed by atoms with van der Waals surface area (Å²) in [7, 11) is 0. The molecule has 0 unspecified atom stereocenters. The van der Waals surface area contributed by atoms with E-state index in [2.05, 4.69) is 5.32 Å². The van der Waals surface area contributed by atoms with Crippen LogP contribution in [-0.2, 0) is 6.61 Å². The molecular weight excluding hydrogens is 342 g/mol. The van der Waals surface area contributed by atoms with E-state index in [1.807, 2.05) is 63.2 Å². The van der Waals surface area contributed by atoms with Crippen LogP contribution in [-0.4, -0.2) is 12.5 Å². The molecule has 5 heteroatoms. The predicted octanol–water partition coefficient (Wildman–Crippen LogP) is 5.13. The minimum atomic E-state index is -0.281. The SMILES string of the molecule is CCOc1ccc(OCc2ccc(C(=O)Nc3cccc(C)c3C)o2)cc1. The van der Waals surface area contributed by atoms with Crippen LogP contribution in [0, 0.1) is 13.8 Å². The van der Waals surface area contributed by atoms with Crippen LogP contribution >= 0.6 is 0 Å². The second-order valence-corrected chi connectivity index (χ2v) is 6.16. The zero-order valence-electron chi connectivity index (χ0n) is 15.7. The molecule has 0 saturated carbocycles. The highest BCUT2D eigenvalue weighted by Gasteiger charge is 2.13. The van der Waals surface area contributed by atoms with Gasteiger partial charge in [0.1, 0.15) is 23.9 Å². The van der Waals surface area contributed by atoms with E-state index in [1.54, 1.807) is 12.1 Å². The molecule has 1 aromatic heterocycles. The van der Waals surface area contributed by atoms with Gasteiger partial charge in [-0.05, 0) is 74.4 Å². The standard InChI is InChI=1S/C22H23NO4/c1-4-25-17-8-10-18(11-9-17)26-14-19-12-13-21(27-19)22(24)23-20-7-5-6-15(2)16(20)3/h5-13H,4,14H2,1-3H3,(H,23,24). The van der Waals surface area contributed by atoms with E-state index in [9.17, 15) is 4.79 Å². The molecule has 0 spiro atoms. The van der Waals surface area contributed by atoms with Crippen LogP contribution in [0.15, 0.2) is 59.0 Å². The van der Waals surface area contributed by atoms with Crippen LogP contribution in [0.25, 0.3) is 0 Å². The lowest BCUT2D eigenvalue weighted by atomic mass is 10.1. The van der Waals surface area contributed by atoms with Gasteiger partial charge in [0, 0.05) is 5.69 Å². The molecule has 5 nitrogen and oxygen atoms in total. The Morgan fingerprint density at radius 1 is 0.963 bits per heavy atom. The fraction of sp³-hybridized carbons (Fsp3) is 0.227. The smallest absolute Gasteiger partial charge is 0.291 e. The number of ether oxygens (including phenoxy) is 2. The average molecular weight is 365 g/mol. The molecule has 1 N–H and O–H groups in total. The third-order valence-electron chi connectivity index (χ3n) is 4.25. The fourth-order valence-corrected chi connectivity index (χ4v) is 2.60. The van der Waals surface area contributed by atoms with Crippen molar-refractivity contribution in [1.82, 2.24) is 0 Å². The maximum Gasteiger partial charge on any atom is 0.291 e. The van der Waals surface area contributed by atoms with Gasteiger partial charge in [0.2, 0.25) is 0 Å². The lowest BCUT2D eigenvalue weighted by Crippen LogP contribution is -2.12. The Labute approximate surface area is 158 Å². The van der Waals surface area contributed by atoms with E-state index in [0.29, 0.717) is 18.1 Å². The second-order valence-electron chi connectivity index (χ2n) is 6.16. The first kappa shape index (κ1) is 18.6. The molecule has 27 heavy (non-hydrogen) atoms. The maximum atomic E-state index is 12.4. The molecule has 0 aliphatic carbocycles. The molecule has 140 valence electrons. The molecule has 0 saturated heterocycles. The number of anilines is 1. The van der Waals surface area contributed by atoms with E-state index in [-0.39, 0.29) is 18.3 Å². The van der Waals surface area contributed by atoms with Crippen LogP contribution in [0.4, 0.5) is 5.69 Å². The Balaban J connectivity index is 1.59. The minimum absolute atomic E-state index is 0.241. The van der Waals surface area contributed by atoms with Crippen molar-refractivity contribution in [1.29, 1.82) is 0 Å². The van der Waals surface area contributed by atoms with E-state index in [0.717, 1.165) is 22.6 Å². The van der Waals surface area contributed by atoms with Gasteiger partial charge in [-0.1, -0.05) is 12.1 Å². The Hall–Kier alpha value is -3.21. The van der Waals surface area contributed by atoms with E-state index in [4.69, 9.17) is 13.9 Å². The summed E-state index contributed by atoms with van der Waals surface area (Å²) < 4.78 is 16.7. The molecule has 0 aliphatic heterocycles. The average Bonchev–Trinajstić information content (AvgIpc) is 3.14. The van der Waals surface area contributed by atoms with Crippen LogP contribution in [0.5, 0.6) is 11.5 Å². The van der Waals surface area contributed by atoms with Crippen LogP contribution in [0.1, 0.15) is 34.4 Å². The molecule has 0 atom stereocenters. The molecule has 2 aromatic carbocycles. The highest BCUT2D eigenvalue weighted by molar-refractivity contribution is 6.02. The number of carbonyl (C=O) groups excluding carboxylic acids is 1. The molecule has 1 heterocycles. The molecule has 0 bridgehead atoms. The van der Waals surface area contributed by atoms with Gasteiger partial charge in [0.25, 0.3) is 5.91 Å². The van der Waals surface area contributed by atoms with Gasteiger partial charge in [-0.25, -0.2) is 0 Å². The van der Waals surface area contributed by atoms with E-state index < -0.39 is 0 Å². The van der Waals surface area contributed by atoms with Crippen LogP contribution < -0.4 is 14.8 Å². The minimum Gasteiger partial charge on any atom is -0.494 e. The quantitative estimate of drug-likeness (QED) is 0.631. The first-order valence-corrected chi connectivity index (χ1v) is 8.88. The number of hydrogen-bond donors (Lipinski definition) is 1. The predicted molar refractivity (Wildman–Crippen MR) is 105 cm³/mol. The molecule has 1 amide bonds. The molecule has 3 rings (SSSR count). The van der Waals surface area contributed by atoms with Gasteiger partial charge >= 0.3 is 0 Å². The van der Waals surface area contributed by atoms with Crippen LogP contribution in [0.3, 0.4) is 0 Å². The van der Waals surface area contributed by atoms with Gasteiger partial charge in [0.05, 0.1) is 6.61 Å². The zero-order chi connectivity index (χ0) is 19.2. The summed E-state index contributed by atoms with van der Waals surface area (Å²) in [5, 5.41) is 2.89. The number of furan rings is 1. The number of hydrogen-bond acceptors (Lipinski definition) is 4. The zero-order valence-corrected chi connectivity index (χ0v) is 15.7. The van der Waals surface area contributed by atoms with Crippen molar-refractivity contribution in [2.75, 3.05) is 11.9 Å². The first-order valence-electron chi connectivity index (χ1n) is 8.88. The Bertz CT molecular complexity index is 912.